The molecule has 1 atom stereocenters. The molecule has 2 N–H and O–H groups in total. The van der Waals surface area contributed by atoms with Gasteiger partial charge in [0, 0.05) is 45.1 Å². The van der Waals surface area contributed by atoms with E-state index in [0.29, 0.717) is 47.6 Å². The maximum Gasteiger partial charge on any atom is 0.323 e. The van der Waals surface area contributed by atoms with Crippen LogP contribution in [0.2, 0.25) is 30.7 Å². The number of ether oxygens (including phenoxy) is 2. The Morgan fingerprint density at radius 2 is 2.06 bits per heavy atom. The lowest BCUT2D eigenvalue weighted by atomic mass is 10.0. The Balaban J connectivity index is 1.57. The summed E-state index contributed by atoms with van der Waals surface area (Å²) < 4.78 is 11.3. The Morgan fingerprint density at radius 3 is 2.75 bits per heavy atom. The summed E-state index contributed by atoms with van der Waals surface area (Å²) in [6, 6.07) is 6.21. The van der Waals surface area contributed by atoms with Gasteiger partial charge in [0.15, 0.2) is 0 Å². The molecule has 9 nitrogen and oxygen atoms in total. The molecule has 194 valence electrons. The monoisotopic (exact) mass is 532 g/mol. The van der Waals surface area contributed by atoms with E-state index >= 15 is 0 Å². The second-order valence-electron chi connectivity index (χ2n) is 10.5. The van der Waals surface area contributed by atoms with Gasteiger partial charge in [-0.3, -0.25) is 9.59 Å². The number of nitrogens with one attached hydrogen (secondary N) is 1. The Bertz CT molecular complexity index is 1120. The van der Waals surface area contributed by atoms with Gasteiger partial charge in [-0.25, -0.2) is 9.97 Å². The largest absolute Gasteiger partial charge is 0.480 e. The zero-order valence-corrected chi connectivity index (χ0v) is 22.7. The van der Waals surface area contributed by atoms with E-state index in [0.717, 1.165) is 24.4 Å². The number of aliphatic carboxylic acids is 1. The van der Waals surface area contributed by atoms with Crippen molar-refractivity contribution in [3.8, 4) is 11.3 Å². The minimum atomic E-state index is -1.27. The topological polar surface area (TPSA) is 114 Å². The molecular weight excluding hydrogens is 500 g/mol. The normalized spacial score (nSPS) is 18.4. The lowest BCUT2D eigenvalue weighted by Gasteiger charge is -2.24. The third-order valence-electron chi connectivity index (χ3n) is 6.43. The van der Waals surface area contributed by atoms with Gasteiger partial charge in [-0.1, -0.05) is 43.4 Å². The molecule has 1 unspecified atom stereocenters. The predicted molar refractivity (Wildman–Crippen MR) is 140 cm³/mol. The van der Waals surface area contributed by atoms with Gasteiger partial charge in [-0.15, -0.1) is 0 Å². The van der Waals surface area contributed by atoms with Crippen LogP contribution >= 0.6 is 11.6 Å². The van der Waals surface area contributed by atoms with Gasteiger partial charge in [-0.05, 0) is 30.5 Å². The standard InChI is InChI=1S/C25H33ClN4O5Si/c1-36(2,3)11-10-35-15-21-18-5-4-16(12-19(18)24(33)30(21)14-22(31)32)23-20(26)13-27-25(29-23)28-17-6-8-34-9-7-17/h4-5,12-13,17,21H,6-11,14-15H2,1-3H3,(H,31,32)(H,27,28,29). The van der Waals surface area contributed by atoms with Crippen LogP contribution in [0.25, 0.3) is 11.3 Å². The number of anilines is 1. The van der Waals surface area contributed by atoms with Crippen molar-refractivity contribution in [1.82, 2.24) is 14.9 Å². The second kappa shape index (κ2) is 11.2. The lowest BCUT2D eigenvalue weighted by molar-refractivity contribution is -0.138. The van der Waals surface area contributed by atoms with Crippen molar-refractivity contribution in [1.29, 1.82) is 0 Å². The van der Waals surface area contributed by atoms with Crippen LogP contribution in [0.15, 0.2) is 24.4 Å². The van der Waals surface area contributed by atoms with Crippen LogP contribution in [0.4, 0.5) is 5.95 Å². The molecule has 1 amide bonds. The molecule has 2 aliphatic heterocycles. The molecule has 0 saturated carbocycles. The first-order chi connectivity index (χ1) is 17.1. The van der Waals surface area contributed by atoms with Crippen molar-refractivity contribution >= 4 is 37.5 Å². The van der Waals surface area contributed by atoms with Crippen LogP contribution in [0.3, 0.4) is 0 Å². The summed E-state index contributed by atoms with van der Waals surface area (Å²) in [7, 11) is -1.27. The van der Waals surface area contributed by atoms with Crippen molar-refractivity contribution in [2.24, 2.45) is 0 Å². The van der Waals surface area contributed by atoms with E-state index in [4.69, 9.17) is 21.1 Å². The highest BCUT2D eigenvalue weighted by molar-refractivity contribution is 6.76. The number of aromatic nitrogens is 2. The summed E-state index contributed by atoms with van der Waals surface area (Å²) in [5.41, 5.74) is 2.38. The fourth-order valence-corrected chi connectivity index (χ4v) is 5.34. The minimum Gasteiger partial charge on any atom is -0.480 e. The van der Waals surface area contributed by atoms with Crippen molar-refractivity contribution in [3.63, 3.8) is 0 Å². The van der Waals surface area contributed by atoms with Crippen molar-refractivity contribution in [2.45, 2.75) is 50.6 Å². The molecule has 0 bridgehead atoms. The molecule has 0 aliphatic carbocycles. The third-order valence-corrected chi connectivity index (χ3v) is 8.41. The minimum absolute atomic E-state index is 0.223. The maximum atomic E-state index is 13.3. The number of carboxylic acids is 1. The molecule has 0 spiro atoms. The van der Waals surface area contributed by atoms with Crippen molar-refractivity contribution in [2.75, 3.05) is 38.3 Å². The fraction of sp³-hybridized carbons (Fsp3) is 0.520. The molecule has 0 radical (unpaired) electrons. The molecule has 1 fully saturated rings. The summed E-state index contributed by atoms with van der Waals surface area (Å²) in [5, 5.41) is 13.1. The molecular formula is C25H33ClN4O5Si. The first-order valence-corrected chi connectivity index (χ1v) is 16.3. The molecule has 1 saturated heterocycles. The Morgan fingerprint density at radius 1 is 1.31 bits per heavy atom. The number of amides is 1. The highest BCUT2D eigenvalue weighted by Crippen LogP contribution is 2.37. The number of benzene rings is 1. The average Bonchev–Trinajstić information content (AvgIpc) is 3.08. The summed E-state index contributed by atoms with van der Waals surface area (Å²) >= 11 is 6.45. The summed E-state index contributed by atoms with van der Waals surface area (Å²) in [6.07, 6.45) is 3.29. The quantitative estimate of drug-likeness (QED) is 0.343. The second-order valence-corrected chi connectivity index (χ2v) is 16.5. The zero-order valence-electron chi connectivity index (χ0n) is 20.9. The molecule has 4 rings (SSSR count). The molecule has 2 aromatic rings. The molecule has 36 heavy (non-hydrogen) atoms. The van der Waals surface area contributed by atoms with E-state index in [2.05, 4.69) is 34.9 Å². The maximum absolute atomic E-state index is 13.3. The van der Waals surface area contributed by atoms with Crippen molar-refractivity contribution < 1.29 is 24.2 Å². The molecule has 1 aromatic heterocycles. The van der Waals surface area contributed by atoms with Crippen LogP contribution in [0, 0.1) is 0 Å². The van der Waals surface area contributed by atoms with Crippen LogP contribution < -0.4 is 5.32 Å². The van der Waals surface area contributed by atoms with E-state index in [1.807, 2.05) is 12.1 Å². The first-order valence-electron chi connectivity index (χ1n) is 12.2. The summed E-state index contributed by atoms with van der Waals surface area (Å²) in [6.45, 7) is 8.65. The number of nitrogens with zero attached hydrogens (tertiary/aromatic N) is 3. The van der Waals surface area contributed by atoms with E-state index in [1.165, 1.54) is 4.90 Å². The highest BCUT2D eigenvalue weighted by atomic mass is 35.5. The van der Waals surface area contributed by atoms with Gasteiger partial charge in [0.1, 0.15) is 6.54 Å². The number of fused-ring (bicyclic) bond motifs is 1. The summed E-state index contributed by atoms with van der Waals surface area (Å²) in [5.74, 6) is -0.931. The van der Waals surface area contributed by atoms with Gasteiger partial charge in [0.05, 0.1) is 29.6 Å². The zero-order chi connectivity index (χ0) is 25.9. The van der Waals surface area contributed by atoms with Gasteiger partial charge < -0.3 is 24.8 Å². The molecule has 11 heteroatoms. The highest BCUT2D eigenvalue weighted by Gasteiger charge is 2.38. The van der Waals surface area contributed by atoms with Gasteiger partial charge in [0.2, 0.25) is 5.95 Å². The number of hydrogen-bond acceptors (Lipinski definition) is 7. The Hall–Kier alpha value is -2.53. The lowest BCUT2D eigenvalue weighted by Crippen LogP contribution is -2.35. The molecule has 3 heterocycles. The predicted octanol–water partition coefficient (Wildman–Crippen LogP) is 4.32. The van der Waals surface area contributed by atoms with Crippen LogP contribution in [-0.4, -0.2) is 78.9 Å². The van der Waals surface area contributed by atoms with E-state index in [9.17, 15) is 14.7 Å². The summed E-state index contributed by atoms with van der Waals surface area (Å²) in [4.78, 5) is 35.1. The number of carbonyl (C=O) groups excluding carboxylic acids is 1. The van der Waals surface area contributed by atoms with Crippen LogP contribution in [0.1, 0.15) is 34.8 Å². The van der Waals surface area contributed by atoms with Gasteiger partial charge >= 0.3 is 5.97 Å². The Labute approximate surface area is 217 Å². The number of halogens is 1. The SMILES string of the molecule is C[Si](C)(C)CCOCC1c2ccc(-c3nc(NC4CCOCC4)ncc3Cl)cc2C(=O)N1CC(=O)O. The molecule has 2 aliphatic rings. The Kier molecular flexibility index (Phi) is 8.29. The number of carboxylic acid groups (broad SMARTS) is 1. The smallest absolute Gasteiger partial charge is 0.323 e. The van der Waals surface area contributed by atoms with Gasteiger partial charge in [-0.2, -0.15) is 0 Å². The van der Waals surface area contributed by atoms with Crippen molar-refractivity contribution in [3.05, 3.63) is 40.5 Å². The number of rotatable bonds is 10. The first kappa shape index (κ1) is 26.5. The number of carbonyl (C=O) groups is 2. The van der Waals surface area contributed by atoms with Crippen LogP contribution in [-0.2, 0) is 14.3 Å². The van der Waals surface area contributed by atoms with E-state index in [1.54, 1.807) is 12.3 Å². The van der Waals surface area contributed by atoms with Gasteiger partial charge in [0.25, 0.3) is 5.91 Å². The molecule has 1 aromatic carbocycles. The fourth-order valence-electron chi connectivity index (χ4n) is 4.39. The van der Waals surface area contributed by atoms with E-state index in [-0.39, 0.29) is 18.6 Å². The van der Waals surface area contributed by atoms with Crippen LogP contribution in [0.5, 0.6) is 0 Å². The van der Waals surface area contributed by atoms with E-state index < -0.39 is 26.6 Å². The average molecular weight is 533 g/mol. The third kappa shape index (κ3) is 6.42. The number of hydrogen-bond donors (Lipinski definition) is 2.